The normalized spacial score (nSPS) is 18.3. The molecule has 1 nitrogen and oxygen atoms in total. The Kier molecular flexibility index (Phi) is 5.59. The molecule has 0 bridgehead atoms. The summed E-state index contributed by atoms with van der Waals surface area (Å²) in [5.41, 5.74) is 3.39. The van der Waals surface area contributed by atoms with Crippen LogP contribution in [0.25, 0.3) is 0 Å². The van der Waals surface area contributed by atoms with Crippen molar-refractivity contribution in [3.63, 3.8) is 0 Å². The third-order valence-corrected chi connectivity index (χ3v) is 5.59. The molecule has 24 heavy (non-hydrogen) atoms. The van der Waals surface area contributed by atoms with Crippen molar-refractivity contribution >= 4 is 34.3 Å². The topological polar surface area (TPSA) is 12.4 Å². The van der Waals surface area contributed by atoms with Gasteiger partial charge in [0.1, 0.15) is 10.9 Å². The van der Waals surface area contributed by atoms with E-state index in [2.05, 4.69) is 31.0 Å². The molecule has 0 radical (unpaired) electrons. The average Bonchev–Trinajstić information content (AvgIpc) is 2.58. The van der Waals surface area contributed by atoms with E-state index in [9.17, 15) is 4.39 Å². The predicted octanol–water partition coefficient (Wildman–Crippen LogP) is 6.88. The molecule has 0 N–H and O–H groups in total. The van der Waals surface area contributed by atoms with Crippen LogP contribution in [0.2, 0.25) is 0 Å². The number of hydrogen-bond donors (Lipinski definition) is 0. The zero-order valence-electron chi connectivity index (χ0n) is 13.5. The molecule has 0 amide bonds. The van der Waals surface area contributed by atoms with Crippen LogP contribution in [0.1, 0.15) is 18.4 Å². The summed E-state index contributed by atoms with van der Waals surface area (Å²) >= 11 is 3.25. The minimum absolute atomic E-state index is 0.210. The first kappa shape index (κ1) is 17.1. The van der Waals surface area contributed by atoms with Crippen molar-refractivity contribution in [3.05, 3.63) is 82.4 Å². The van der Waals surface area contributed by atoms with Gasteiger partial charge in [0.25, 0.3) is 0 Å². The second kappa shape index (κ2) is 7.86. The lowest BCUT2D eigenvalue weighted by atomic mass is 10.1. The predicted molar refractivity (Wildman–Crippen MR) is 105 cm³/mol. The van der Waals surface area contributed by atoms with Crippen LogP contribution in [0.15, 0.2) is 80.9 Å². The third kappa shape index (κ3) is 4.62. The molecule has 4 heteroatoms. The summed E-state index contributed by atoms with van der Waals surface area (Å²) in [4.78, 5) is 6.96. The minimum Gasteiger partial charge on any atom is -0.241 e. The zero-order valence-corrected chi connectivity index (χ0v) is 15.1. The van der Waals surface area contributed by atoms with Crippen LogP contribution >= 0.6 is 23.5 Å². The quantitative estimate of drug-likeness (QED) is 0.556. The van der Waals surface area contributed by atoms with Gasteiger partial charge < -0.3 is 0 Å². The number of halogens is 1. The van der Waals surface area contributed by atoms with E-state index in [0.717, 1.165) is 33.4 Å². The van der Waals surface area contributed by atoms with Crippen molar-refractivity contribution in [2.45, 2.75) is 24.7 Å². The maximum absolute atomic E-state index is 13.0. The van der Waals surface area contributed by atoms with Crippen LogP contribution in [0.5, 0.6) is 0 Å². The Bertz CT molecular complexity index is 789. The monoisotopic (exact) mass is 355 g/mol. The fourth-order valence-electron chi connectivity index (χ4n) is 2.23. The smallest absolute Gasteiger partial charge is 0.123 e. The first-order valence-corrected chi connectivity index (χ1v) is 9.42. The second-order valence-corrected chi connectivity index (χ2v) is 7.72. The molecule has 2 aromatic carbocycles. The fraction of sp³-hybridized carbons (Fsp3) is 0.150. The highest BCUT2D eigenvalue weighted by atomic mass is 32.2. The summed E-state index contributed by atoms with van der Waals surface area (Å²) in [6, 6.07) is 14.8. The van der Waals surface area contributed by atoms with Crippen molar-refractivity contribution in [1.82, 2.24) is 0 Å². The SMILES string of the molecule is C=C1CC/C(=C\Sc2ccc(F)cc2)C(=Nc2ccc(C)cc2)S1. The van der Waals surface area contributed by atoms with Gasteiger partial charge in [-0.1, -0.05) is 47.8 Å². The number of nitrogens with zero attached hydrogens (tertiary/aromatic N) is 1. The molecule has 3 rings (SSSR count). The lowest BCUT2D eigenvalue weighted by molar-refractivity contribution is 0.626. The van der Waals surface area contributed by atoms with Crippen molar-refractivity contribution in [2.75, 3.05) is 0 Å². The van der Waals surface area contributed by atoms with Gasteiger partial charge in [-0.25, -0.2) is 9.38 Å². The summed E-state index contributed by atoms with van der Waals surface area (Å²) in [5, 5.41) is 3.13. The molecule has 1 aliphatic rings. The molecular formula is C20H18FNS2. The van der Waals surface area contributed by atoms with E-state index in [1.807, 2.05) is 12.1 Å². The van der Waals surface area contributed by atoms with Crippen LogP contribution in [-0.2, 0) is 0 Å². The van der Waals surface area contributed by atoms with Crippen molar-refractivity contribution in [2.24, 2.45) is 4.99 Å². The van der Waals surface area contributed by atoms with Gasteiger partial charge in [-0.05, 0) is 72.0 Å². The summed E-state index contributed by atoms with van der Waals surface area (Å²) in [7, 11) is 0. The molecule has 0 spiro atoms. The average molecular weight is 356 g/mol. The van der Waals surface area contributed by atoms with Crippen molar-refractivity contribution in [1.29, 1.82) is 0 Å². The maximum Gasteiger partial charge on any atom is 0.123 e. The zero-order chi connectivity index (χ0) is 16.9. The molecule has 2 aromatic rings. The molecule has 0 aliphatic carbocycles. The first-order chi connectivity index (χ1) is 11.6. The van der Waals surface area contributed by atoms with Crippen LogP contribution in [0, 0.1) is 12.7 Å². The molecule has 122 valence electrons. The van der Waals surface area contributed by atoms with E-state index < -0.39 is 0 Å². The Morgan fingerprint density at radius 3 is 2.50 bits per heavy atom. The van der Waals surface area contributed by atoms with E-state index in [-0.39, 0.29) is 5.82 Å². The standard InChI is InChI=1S/C20H18FNS2/c1-14-3-9-18(10-4-14)22-20-16(6-5-15(2)24-20)13-23-19-11-7-17(21)8-12-19/h3-4,7-13H,2,5-6H2,1H3/b16-13+,22-20?. The van der Waals surface area contributed by atoms with E-state index >= 15 is 0 Å². The van der Waals surface area contributed by atoms with Gasteiger partial charge in [-0.15, -0.1) is 0 Å². The fourth-order valence-corrected chi connectivity index (χ4v) is 4.02. The van der Waals surface area contributed by atoms with Crippen molar-refractivity contribution in [3.8, 4) is 0 Å². The second-order valence-electron chi connectivity index (χ2n) is 5.61. The molecule has 0 aromatic heterocycles. The number of hydrogen-bond acceptors (Lipinski definition) is 3. The Hall–Kier alpha value is -1.78. The Balaban J connectivity index is 1.83. The summed E-state index contributed by atoms with van der Waals surface area (Å²) in [5.74, 6) is -0.210. The molecule has 1 saturated heterocycles. The Morgan fingerprint density at radius 1 is 1.08 bits per heavy atom. The summed E-state index contributed by atoms with van der Waals surface area (Å²) < 4.78 is 13.0. The largest absolute Gasteiger partial charge is 0.241 e. The molecule has 1 heterocycles. The highest BCUT2D eigenvalue weighted by Gasteiger charge is 2.17. The number of aliphatic imine (C=N–C) groups is 1. The molecule has 0 saturated carbocycles. The molecular weight excluding hydrogens is 337 g/mol. The summed E-state index contributed by atoms with van der Waals surface area (Å²) in [6.45, 7) is 6.16. The van der Waals surface area contributed by atoms with Crippen molar-refractivity contribution < 1.29 is 4.39 Å². The van der Waals surface area contributed by atoms with Gasteiger partial charge in [0, 0.05) is 4.90 Å². The van der Waals surface area contributed by atoms with Gasteiger partial charge in [-0.2, -0.15) is 0 Å². The van der Waals surface area contributed by atoms with Gasteiger partial charge in [-0.3, -0.25) is 0 Å². The van der Waals surface area contributed by atoms with Gasteiger partial charge in [0.05, 0.1) is 5.69 Å². The number of thioether (sulfide) groups is 2. The molecule has 0 atom stereocenters. The number of allylic oxidation sites excluding steroid dienone is 1. The Morgan fingerprint density at radius 2 is 1.79 bits per heavy atom. The minimum atomic E-state index is -0.210. The maximum atomic E-state index is 13.0. The van der Waals surface area contributed by atoms with Gasteiger partial charge in [0.15, 0.2) is 0 Å². The van der Waals surface area contributed by atoms with Crippen LogP contribution in [0.3, 0.4) is 0 Å². The van der Waals surface area contributed by atoms with E-state index in [4.69, 9.17) is 4.99 Å². The van der Waals surface area contributed by atoms with E-state index in [1.165, 1.54) is 23.3 Å². The number of aryl methyl sites for hydroxylation is 1. The molecule has 1 aliphatic heterocycles. The lowest BCUT2D eigenvalue weighted by Crippen LogP contribution is -2.04. The number of benzene rings is 2. The highest BCUT2D eigenvalue weighted by Crippen LogP contribution is 2.37. The first-order valence-electron chi connectivity index (χ1n) is 7.73. The summed E-state index contributed by atoms with van der Waals surface area (Å²) in [6.07, 6.45) is 1.90. The van der Waals surface area contributed by atoms with Crippen LogP contribution < -0.4 is 0 Å². The van der Waals surface area contributed by atoms with E-state index in [0.29, 0.717) is 0 Å². The number of rotatable bonds is 3. The third-order valence-electron chi connectivity index (χ3n) is 3.60. The lowest BCUT2D eigenvalue weighted by Gasteiger charge is -2.18. The van der Waals surface area contributed by atoms with Crippen LogP contribution in [0.4, 0.5) is 10.1 Å². The molecule has 1 fully saturated rings. The molecule has 0 unspecified atom stereocenters. The van der Waals surface area contributed by atoms with Gasteiger partial charge >= 0.3 is 0 Å². The highest BCUT2D eigenvalue weighted by molar-refractivity contribution is 8.17. The Labute approximate surface area is 150 Å². The van der Waals surface area contributed by atoms with E-state index in [1.54, 1.807) is 35.7 Å². The van der Waals surface area contributed by atoms with Gasteiger partial charge in [0.2, 0.25) is 0 Å². The van der Waals surface area contributed by atoms with Crippen LogP contribution in [-0.4, -0.2) is 5.04 Å².